The van der Waals surface area contributed by atoms with Crippen LogP contribution in [0.5, 0.6) is 0 Å². The van der Waals surface area contributed by atoms with Crippen LogP contribution < -0.4 is 5.32 Å². The fourth-order valence-electron chi connectivity index (χ4n) is 3.09. The van der Waals surface area contributed by atoms with Crippen molar-refractivity contribution in [1.82, 2.24) is 20.4 Å². The van der Waals surface area contributed by atoms with E-state index in [2.05, 4.69) is 15.5 Å². The molecule has 1 saturated heterocycles. The largest absolute Gasteiger partial charge is 0.354 e. The highest BCUT2D eigenvalue weighted by molar-refractivity contribution is 5.97. The zero-order valence-corrected chi connectivity index (χ0v) is 14.3. The number of H-pyrrole nitrogens is 1. The molecule has 2 amide bonds. The molecule has 1 unspecified atom stereocenters. The Kier molecular flexibility index (Phi) is 4.83. The van der Waals surface area contributed by atoms with Crippen LogP contribution in [0.4, 0.5) is 4.39 Å². The second kappa shape index (κ2) is 7.04. The van der Waals surface area contributed by atoms with E-state index < -0.39 is 6.04 Å². The van der Waals surface area contributed by atoms with Gasteiger partial charge in [0, 0.05) is 18.7 Å². The molecular weight excluding hydrogens is 323 g/mol. The van der Waals surface area contributed by atoms with Gasteiger partial charge in [-0.05, 0) is 42.7 Å². The van der Waals surface area contributed by atoms with Crippen molar-refractivity contribution in [2.24, 2.45) is 5.92 Å². The molecule has 3 rings (SSSR count). The third-order valence-electron chi connectivity index (χ3n) is 4.32. The Labute approximate surface area is 145 Å². The summed E-state index contributed by atoms with van der Waals surface area (Å²) < 4.78 is 13.0. The molecule has 1 fully saturated rings. The molecular formula is C18H21FN4O2. The lowest BCUT2D eigenvalue weighted by Gasteiger charge is -2.30. The minimum atomic E-state index is -0.507. The molecule has 1 atom stereocenters. The summed E-state index contributed by atoms with van der Waals surface area (Å²) >= 11 is 0. The first-order valence-corrected chi connectivity index (χ1v) is 8.37. The third kappa shape index (κ3) is 3.55. The fourth-order valence-corrected chi connectivity index (χ4v) is 3.09. The summed E-state index contributed by atoms with van der Waals surface area (Å²) in [5.41, 5.74) is 1.59. The van der Waals surface area contributed by atoms with Crippen LogP contribution in [0.3, 0.4) is 0 Å². The molecule has 25 heavy (non-hydrogen) atoms. The highest BCUT2D eigenvalue weighted by Gasteiger charge is 2.34. The maximum Gasteiger partial charge on any atom is 0.272 e. The number of carbonyl (C=O) groups excluding carboxylic acids is 2. The molecule has 6 nitrogen and oxygen atoms in total. The van der Waals surface area contributed by atoms with Crippen molar-refractivity contribution in [2.75, 3.05) is 13.1 Å². The molecule has 2 N–H and O–H groups in total. The molecule has 0 spiro atoms. The van der Waals surface area contributed by atoms with Crippen molar-refractivity contribution in [2.45, 2.75) is 26.3 Å². The molecule has 2 aromatic rings. The number of aromatic amines is 1. The van der Waals surface area contributed by atoms with Gasteiger partial charge in [-0.3, -0.25) is 14.7 Å². The van der Waals surface area contributed by atoms with E-state index in [0.717, 1.165) is 0 Å². The molecule has 0 bridgehead atoms. The summed E-state index contributed by atoms with van der Waals surface area (Å²) in [5, 5.41) is 9.75. The second-order valence-corrected chi connectivity index (χ2v) is 6.51. The predicted octanol–water partition coefficient (Wildman–Crippen LogP) is 2.20. The van der Waals surface area contributed by atoms with Gasteiger partial charge in [-0.25, -0.2) is 4.39 Å². The van der Waals surface area contributed by atoms with Crippen LogP contribution in [0.25, 0.3) is 11.3 Å². The lowest BCUT2D eigenvalue weighted by atomic mass is 10.0. The molecule has 132 valence electrons. The number of hydrogen-bond donors (Lipinski definition) is 2. The van der Waals surface area contributed by atoms with Crippen molar-refractivity contribution in [3.05, 3.63) is 41.8 Å². The Morgan fingerprint density at radius 3 is 2.72 bits per heavy atom. The van der Waals surface area contributed by atoms with E-state index in [0.29, 0.717) is 36.5 Å². The SMILES string of the molecule is CC(C)C1C(=O)NCCCN1C(=O)c1cc(-c2ccc(F)cc2)n[nH]1. The Morgan fingerprint density at radius 2 is 2.04 bits per heavy atom. The summed E-state index contributed by atoms with van der Waals surface area (Å²) in [5.74, 6) is -0.705. The molecule has 0 aliphatic carbocycles. The minimum Gasteiger partial charge on any atom is -0.354 e. The van der Waals surface area contributed by atoms with E-state index in [9.17, 15) is 14.0 Å². The Bertz CT molecular complexity index is 770. The van der Waals surface area contributed by atoms with Crippen LogP contribution in [0.15, 0.2) is 30.3 Å². The highest BCUT2D eigenvalue weighted by atomic mass is 19.1. The fraction of sp³-hybridized carbons (Fsp3) is 0.389. The second-order valence-electron chi connectivity index (χ2n) is 6.51. The van der Waals surface area contributed by atoms with E-state index >= 15 is 0 Å². The molecule has 2 heterocycles. The zero-order valence-electron chi connectivity index (χ0n) is 14.3. The minimum absolute atomic E-state index is 0.00143. The number of carbonyl (C=O) groups is 2. The van der Waals surface area contributed by atoms with Gasteiger partial charge in [-0.1, -0.05) is 13.8 Å². The van der Waals surface area contributed by atoms with Crippen LogP contribution in [-0.2, 0) is 4.79 Å². The standard InChI is InChI=1S/C18H21FN4O2/c1-11(2)16-17(24)20-8-3-9-23(16)18(25)15-10-14(21-22-15)12-4-6-13(19)7-5-12/h4-7,10-11,16H,3,8-9H2,1-2H3,(H,20,24)(H,21,22). The van der Waals surface area contributed by atoms with E-state index in [-0.39, 0.29) is 23.5 Å². The van der Waals surface area contributed by atoms with Crippen LogP contribution >= 0.6 is 0 Å². The average molecular weight is 344 g/mol. The zero-order chi connectivity index (χ0) is 18.0. The Morgan fingerprint density at radius 1 is 1.32 bits per heavy atom. The van der Waals surface area contributed by atoms with Crippen LogP contribution in [0.2, 0.25) is 0 Å². The van der Waals surface area contributed by atoms with Crippen molar-refractivity contribution in [3.8, 4) is 11.3 Å². The maximum absolute atomic E-state index is 13.0. The van der Waals surface area contributed by atoms with Crippen molar-refractivity contribution >= 4 is 11.8 Å². The summed E-state index contributed by atoms with van der Waals surface area (Å²) in [4.78, 5) is 26.8. The van der Waals surface area contributed by atoms with E-state index in [1.165, 1.54) is 12.1 Å². The van der Waals surface area contributed by atoms with Gasteiger partial charge in [-0.2, -0.15) is 5.10 Å². The van der Waals surface area contributed by atoms with Gasteiger partial charge in [0.05, 0.1) is 5.69 Å². The Balaban J connectivity index is 1.86. The van der Waals surface area contributed by atoms with Gasteiger partial charge in [0.25, 0.3) is 5.91 Å². The predicted molar refractivity (Wildman–Crippen MR) is 91.3 cm³/mol. The number of benzene rings is 1. The van der Waals surface area contributed by atoms with Gasteiger partial charge in [0.2, 0.25) is 5.91 Å². The van der Waals surface area contributed by atoms with Gasteiger partial charge >= 0.3 is 0 Å². The van der Waals surface area contributed by atoms with Gasteiger partial charge in [0.15, 0.2) is 0 Å². The van der Waals surface area contributed by atoms with Crippen molar-refractivity contribution in [3.63, 3.8) is 0 Å². The number of amides is 2. The van der Waals surface area contributed by atoms with Crippen molar-refractivity contribution in [1.29, 1.82) is 0 Å². The first kappa shape index (κ1) is 17.1. The van der Waals surface area contributed by atoms with E-state index in [1.807, 2.05) is 13.8 Å². The molecule has 1 aliphatic rings. The summed E-state index contributed by atoms with van der Waals surface area (Å²) in [6, 6.07) is 7.04. The summed E-state index contributed by atoms with van der Waals surface area (Å²) in [6.07, 6.45) is 0.708. The van der Waals surface area contributed by atoms with Gasteiger partial charge in [0.1, 0.15) is 17.6 Å². The lowest BCUT2D eigenvalue weighted by molar-refractivity contribution is -0.126. The highest BCUT2D eigenvalue weighted by Crippen LogP contribution is 2.21. The topological polar surface area (TPSA) is 78.1 Å². The number of aromatic nitrogens is 2. The van der Waals surface area contributed by atoms with Gasteiger partial charge < -0.3 is 10.2 Å². The molecule has 0 saturated carbocycles. The maximum atomic E-state index is 13.0. The van der Waals surface area contributed by atoms with E-state index in [4.69, 9.17) is 0 Å². The van der Waals surface area contributed by atoms with Crippen LogP contribution in [0.1, 0.15) is 30.8 Å². The molecule has 0 radical (unpaired) electrons. The molecule has 1 aliphatic heterocycles. The number of nitrogens with one attached hydrogen (secondary N) is 2. The van der Waals surface area contributed by atoms with E-state index in [1.54, 1.807) is 23.1 Å². The number of rotatable bonds is 3. The normalized spacial score (nSPS) is 18.2. The molecule has 7 heteroatoms. The lowest BCUT2D eigenvalue weighted by Crippen LogP contribution is -2.50. The molecule has 1 aromatic heterocycles. The Hall–Kier alpha value is -2.70. The van der Waals surface area contributed by atoms with Crippen LogP contribution in [-0.4, -0.2) is 46.0 Å². The average Bonchev–Trinajstić information content (AvgIpc) is 2.98. The number of hydrogen-bond acceptors (Lipinski definition) is 3. The quantitative estimate of drug-likeness (QED) is 0.896. The van der Waals surface area contributed by atoms with Crippen molar-refractivity contribution < 1.29 is 14.0 Å². The molecule has 1 aromatic carbocycles. The van der Waals surface area contributed by atoms with Crippen LogP contribution in [0, 0.1) is 11.7 Å². The first-order chi connectivity index (χ1) is 12.0. The smallest absolute Gasteiger partial charge is 0.272 e. The number of halogens is 1. The number of nitrogens with zero attached hydrogens (tertiary/aromatic N) is 2. The summed E-state index contributed by atoms with van der Waals surface area (Å²) in [6.45, 7) is 4.92. The van der Waals surface area contributed by atoms with Gasteiger partial charge in [-0.15, -0.1) is 0 Å². The first-order valence-electron chi connectivity index (χ1n) is 8.37. The third-order valence-corrected chi connectivity index (χ3v) is 4.32. The monoisotopic (exact) mass is 344 g/mol. The summed E-state index contributed by atoms with van der Waals surface area (Å²) in [7, 11) is 0.